The maximum Gasteiger partial charge on any atom is 0.290 e. The van der Waals surface area contributed by atoms with Crippen LogP contribution in [0.25, 0.3) is 0 Å². The van der Waals surface area contributed by atoms with Gasteiger partial charge in [-0.1, -0.05) is 0 Å². The Balaban J connectivity index is 0.000000418. The molecule has 4 heterocycles. The average molecular weight is 393 g/mol. The van der Waals surface area contributed by atoms with Gasteiger partial charge in [0.25, 0.3) is 12.9 Å². The van der Waals surface area contributed by atoms with E-state index in [9.17, 15) is 4.79 Å². The Kier molecular flexibility index (Phi) is 8.60. The first kappa shape index (κ1) is 21.5. The molecule has 3 aliphatic rings. The molecule has 3 fully saturated rings. The van der Waals surface area contributed by atoms with Gasteiger partial charge < -0.3 is 20.0 Å². The minimum absolute atomic E-state index is 0.250. The van der Waals surface area contributed by atoms with E-state index in [1.165, 1.54) is 12.8 Å². The number of rotatable bonds is 3. The summed E-state index contributed by atoms with van der Waals surface area (Å²) < 4.78 is 0. The monoisotopic (exact) mass is 393 g/mol. The van der Waals surface area contributed by atoms with Gasteiger partial charge in [0.05, 0.1) is 6.54 Å². The fourth-order valence-electron chi connectivity index (χ4n) is 4.10. The minimum Gasteiger partial charge on any atom is -0.483 e. The first-order valence-corrected chi connectivity index (χ1v) is 9.30. The molecule has 3 saturated heterocycles. The van der Waals surface area contributed by atoms with Crippen molar-refractivity contribution in [1.82, 2.24) is 19.8 Å². The Morgan fingerprint density at radius 1 is 1.00 bits per heavy atom. The lowest BCUT2D eigenvalue weighted by Crippen LogP contribution is -2.39. The van der Waals surface area contributed by atoms with Gasteiger partial charge in [0, 0.05) is 51.7 Å². The van der Waals surface area contributed by atoms with Gasteiger partial charge in [0.15, 0.2) is 0 Å². The highest BCUT2D eigenvalue weighted by molar-refractivity contribution is 5.78. The first-order chi connectivity index (χ1) is 13.6. The summed E-state index contributed by atoms with van der Waals surface area (Å²) in [5.41, 5.74) is 0. The lowest BCUT2D eigenvalue weighted by atomic mass is 10.0. The third-order valence-corrected chi connectivity index (χ3v) is 5.21. The van der Waals surface area contributed by atoms with E-state index in [0.29, 0.717) is 24.3 Å². The molecule has 2 unspecified atom stereocenters. The van der Waals surface area contributed by atoms with E-state index in [1.54, 1.807) is 12.4 Å². The molecule has 2 atom stereocenters. The van der Waals surface area contributed by atoms with E-state index in [1.807, 2.05) is 11.0 Å². The van der Waals surface area contributed by atoms with E-state index in [-0.39, 0.29) is 12.9 Å². The SMILES string of the molecule is O=C(CN1CC2CN(c3ncccn3)CC2C1)N1CCCC1.O=CO.O=CO. The van der Waals surface area contributed by atoms with Crippen LogP contribution in [0, 0.1) is 11.8 Å². The molecule has 1 aromatic heterocycles. The zero-order valence-corrected chi connectivity index (χ0v) is 15.8. The van der Waals surface area contributed by atoms with Gasteiger partial charge in [-0.15, -0.1) is 0 Å². The maximum absolute atomic E-state index is 12.3. The molecule has 1 amide bonds. The number of hydrogen-bond acceptors (Lipinski definition) is 7. The summed E-state index contributed by atoms with van der Waals surface area (Å²) in [6.07, 6.45) is 5.95. The van der Waals surface area contributed by atoms with E-state index in [4.69, 9.17) is 19.8 Å². The number of likely N-dealkylation sites (tertiary alicyclic amines) is 2. The van der Waals surface area contributed by atoms with Gasteiger partial charge in [-0.05, 0) is 30.7 Å². The standard InChI is InChI=1S/C16H23N5O.2CH2O2/c22-15(20-6-1-2-7-20)12-19-8-13-10-21(11-14(13)9-19)16-17-4-3-5-18-16;2*2-1-3/h3-5,13-14H,1-2,6-12H2;2*1H,(H,2,3). The number of carbonyl (C=O) groups is 3. The summed E-state index contributed by atoms with van der Waals surface area (Å²) in [4.78, 5) is 44.3. The number of carboxylic acid groups (broad SMARTS) is 2. The van der Waals surface area contributed by atoms with Crippen molar-refractivity contribution in [3.63, 3.8) is 0 Å². The van der Waals surface area contributed by atoms with Crippen LogP contribution in [0.15, 0.2) is 18.5 Å². The third kappa shape index (κ3) is 5.88. The molecule has 4 rings (SSSR count). The van der Waals surface area contributed by atoms with Crippen molar-refractivity contribution in [2.45, 2.75) is 12.8 Å². The molecule has 0 radical (unpaired) electrons. The summed E-state index contributed by atoms with van der Waals surface area (Å²) >= 11 is 0. The van der Waals surface area contributed by atoms with Crippen molar-refractivity contribution in [3.8, 4) is 0 Å². The van der Waals surface area contributed by atoms with Crippen molar-refractivity contribution in [2.75, 3.05) is 50.7 Å². The molecule has 0 saturated carbocycles. The highest BCUT2D eigenvalue weighted by Crippen LogP contribution is 2.32. The van der Waals surface area contributed by atoms with Crippen molar-refractivity contribution in [3.05, 3.63) is 18.5 Å². The van der Waals surface area contributed by atoms with Crippen molar-refractivity contribution >= 4 is 24.8 Å². The normalized spacial score (nSPS) is 23.1. The molecule has 0 aliphatic carbocycles. The number of carbonyl (C=O) groups excluding carboxylic acids is 1. The van der Waals surface area contributed by atoms with Crippen LogP contribution in [0.4, 0.5) is 5.95 Å². The van der Waals surface area contributed by atoms with Crippen LogP contribution >= 0.6 is 0 Å². The van der Waals surface area contributed by atoms with Gasteiger partial charge in [0.1, 0.15) is 0 Å². The Hall–Kier alpha value is -2.75. The first-order valence-electron chi connectivity index (χ1n) is 9.30. The number of aromatic nitrogens is 2. The summed E-state index contributed by atoms with van der Waals surface area (Å²) in [5.74, 6) is 2.46. The number of anilines is 1. The van der Waals surface area contributed by atoms with Crippen LogP contribution in [0.3, 0.4) is 0 Å². The third-order valence-electron chi connectivity index (χ3n) is 5.21. The number of hydrogen-bond donors (Lipinski definition) is 2. The van der Waals surface area contributed by atoms with Crippen molar-refractivity contribution < 1.29 is 24.6 Å². The molecule has 3 aliphatic heterocycles. The van der Waals surface area contributed by atoms with E-state index in [2.05, 4.69) is 19.8 Å². The zero-order valence-electron chi connectivity index (χ0n) is 15.8. The summed E-state index contributed by atoms with van der Waals surface area (Å²) in [6.45, 7) is 6.12. The summed E-state index contributed by atoms with van der Waals surface area (Å²) in [6, 6.07) is 1.85. The van der Waals surface area contributed by atoms with Gasteiger partial charge in [0.2, 0.25) is 11.9 Å². The molecule has 1 aromatic rings. The Labute approximate surface area is 163 Å². The molecule has 10 nitrogen and oxygen atoms in total. The van der Waals surface area contributed by atoms with Gasteiger partial charge in [-0.2, -0.15) is 0 Å². The average Bonchev–Trinajstić information content (AvgIpc) is 3.40. The molecular formula is C18H27N5O5. The largest absolute Gasteiger partial charge is 0.483 e. The molecular weight excluding hydrogens is 366 g/mol. The van der Waals surface area contributed by atoms with Crippen LogP contribution in [-0.2, 0) is 14.4 Å². The Bertz CT molecular complexity index is 606. The summed E-state index contributed by atoms with van der Waals surface area (Å²) in [7, 11) is 0. The van der Waals surface area contributed by atoms with Gasteiger partial charge in [-0.3, -0.25) is 19.3 Å². The van der Waals surface area contributed by atoms with Crippen LogP contribution in [0.5, 0.6) is 0 Å². The van der Waals surface area contributed by atoms with E-state index >= 15 is 0 Å². The Morgan fingerprint density at radius 3 is 2.00 bits per heavy atom. The van der Waals surface area contributed by atoms with Crippen molar-refractivity contribution in [2.24, 2.45) is 11.8 Å². The molecule has 0 spiro atoms. The fourth-order valence-corrected chi connectivity index (χ4v) is 4.10. The van der Waals surface area contributed by atoms with E-state index in [0.717, 1.165) is 45.2 Å². The number of nitrogens with zero attached hydrogens (tertiary/aromatic N) is 5. The maximum atomic E-state index is 12.3. The lowest BCUT2D eigenvalue weighted by molar-refractivity contribution is -0.131. The Morgan fingerprint density at radius 2 is 1.50 bits per heavy atom. The summed E-state index contributed by atoms with van der Waals surface area (Å²) in [5, 5.41) is 13.8. The van der Waals surface area contributed by atoms with Crippen LogP contribution in [0.2, 0.25) is 0 Å². The van der Waals surface area contributed by atoms with Crippen molar-refractivity contribution in [1.29, 1.82) is 0 Å². The minimum atomic E-state index is -0.250. The van der Waals surface area contributed by atoms with Gasteiger partial charge in [-0.25, -0.2) is 9.97 Å². The number of amides is 1. The van der Waals surface area contributed by atoms with Crippen LogP contribution < -0.4 is 4.90 Å². The predicted molar refractivity (Wildman–Crippen MR) is 101 cm³/mol. The van der Waals surface area contributed by atoms with Crippen LogP contribution in [0.1, 0.15) is 12.8 Å². The highest BCUT2D eigenvalue weighted by Gasteiger charge is 2.41. The molecule has 0 bridgehead atoms. The predicted octanol–water partition coefficient (Wildman–Crippen LogP) is -0.131. The number of fused-ring (bicyclic) bond motifs is 1. The molecule has 10 heteroatoms. The van der Waals surface area contributed by atoms with Crippen LogP contribution in [-0.4, -0.2) is 94.6 Å². The fraction of sp³-hybridized carbons (Fsp3) is 0.611. The lowest BCUT2D eigenvalue weighted by Gasteiger charge is -2.23. The zero-order chi connectivity index (χ0) is 20.4. The smallest absolute Gasteiger partial charge is 0.290 e. The topological polar surface area (TPSA) is 127 Å². The quantitative estimate of drug-likeness (QED) is 0.675. The molecule has 2 N–H and O–H groups in total. The molecule has 154 valence electrons. The second kappa shape index (κ2) is 11.2. The second-order valence-electron chi connectivity index (χ2n) is 6.97. The van der Waals surface area contributed by atoms with Gasteiger partial charge >= 0.3 is 0 Å². The molecule has 28 heavy (non-hydrogen) atoms. The second-order valence-corrected chi connectivity index (χ2v) is 6.97. The highest BCUT2D eigenvalue weighted by atomic mass is 16.3. The molecule has 0 aromatic carbocycles. The van der Waals surface area contributed by atoms with E-state index < -0.39 is 0 Å².